The maximum atomic E-state index is 11.6. The molecule has 0 fully saturated rings. The Morgan fingerprint density at radius 3 is 2.53 bits per heavy atom. The number of amides is 2. The zero-order valence-electron chi connectivity index (χ0n) is 10.6. The standard InChI is InChI=1S/C10H21N3O2S.ClH/c1-8(4-5-16-3)13(2)10(15)7-12-9(14)6-11;/h8H,4-7,11H2,1-3H3,(H,12,14);1H. The summed E-state index contributed by atoms with van der Waals surface area (Å²) in [6, 6.07) is 0.190. The van der Waals surface area contributed by atoms with E-state index in [0.29, 0.717) is 0 Å². The molecule has 1 atom stereocenters. The summed E-state index contributed by atoms with van der Waals surface area (Å²) in [5, 5.41) is 2.46. The van der Waals surface area contributed by atoms with E-state index in [0.717, 1.165) is 12.2 Å². The van der Waals surface area contributed by atoms with E-state index in [9.17, 15) is 9.59 Å². The van der Waals surface area contributed by atoms with Crippen molar-refractivity contribution in [2.45, 2.75) is 19.4 Å². The summed E-state index contributed by atoms with van der Waals surface area (Å²) >= 11 is 1.76. The third-order valence-electron chi connectivity index (χ3n) is 2.42. The number of hydrogen-bond donors (Lipinski definition) is 2. The van der Waals surface area contributed by atoms with Crippen molar-refractivity contribution in [1.82, 2.24) is 10.2 Å². The maximum Gasteiger partial charge on any atom is 0.241 e. The fraction of sp³-hybridized carbons (Fsp3) is 0.800. The van der Waals surface area contributed by atoms with Crippen LogP contribution in [-0.4, -0.2) is 54.9 Å². The van der Waals surface area contributed by atoms with E-state index in [1.165, 1.54) is 0 Å². The van der Waals surface area contributed by atoms with Crippen molar-refractivity contribution in [3.05, 3.63) is 0 Å². The minimum absolute atomic E-state index is 0. The zero-order chi connectivity index (χ0) is 12.6. The molecule has 0 heterocycles. The largest absolute Gasteiger partial charge is 0.346 e. The lowest BCUT2D eigenvalue weighted by molar-refractivity contribution is -0.133. The highest BCUT2D eigenvalue weighted by Crippen LogP contribution is 2.05. The zero-order valence-corrected chi connectivity index (χ0v) is 12.2. The van der Waals surface area contributed by atoms with E-state index >= 15 is 0 Å². The molecule has 0 saturated heterocycles. The van der Waals surface area contributed by atoms with Gasteiger partial charge < -0.3 is 16.0 Å². The molecule has 0 bridgehead atoms. The van der Waals surface area contributed by atoms with Crippen LogP contribution in [0.2, 0.25) is 0 Å². The van der Waals surface area contributed by atoms with Crippen LogP contribution in [0.5, 0.6) is 0 Å². The van der Waals surface area contributed by atoms with E-state index in [-0.39, 0.29) is 43.4 Å². The highest BCUT2D eigenvalue weighted by atomic mass is 35.5. The molecule has 0 aliphatic rings. The maximum absolute atomic E-state index is 11.6. The summed E-state index contributed by atoms with van der Waals surface area (Å²) in [5.74, 6) is 0.627. The van der Waals surface area contributed by atoms with Gasteiger partial charge in [-0.3, -0.25) is 9.59 Å². The smallest absolute Gasteiger partial charge is 0.241 e. The van der Waals surface area contributed by atoms with Crippen LogP contribution in [0.3, 0.4) is 0 Å². The molecular weight excluding hydrogens is 262 g/mol. The Hall–Kier alpha value is -0.460. The minimum Gasteiger partial charge on any atom is -0.346 e. The molecule has 0 aliphatic heterocycles. The predicted molar refractivity (Wildman–Crippen MR) is 74.5 cm³/mol. The van der Waals surface area contributed by atoms with Crippen molar-refractivity contribution in [2.24, 2.45) is 5.73 Å². The number of likely N-dealkylation sites (N-methyl/N-ethyl adjacent to an activating group) is 1. The van der Waals surface area contributed by atoms with Crippen molar-refractivity contribution >= 4 is 36.0 Å². The Labute approximate surface area is 113 Å². The van der Waals surface area contributed by atoms with Crippen LogP contribution in [0.4, 0.5) is 0 Å². The fourth-order valence-corrected chi connectivity index (χ4v) is 1.68. The molecule has 7 heteroatoms. The van der Waals surface area contributed by atoms with Gasteiger partial charge >= 0.3 is 0 Å². The summed E-state index contributed by atoms with van der Waals surface area (Å²) in [4.78, 5) is 24.2. The van der Waals surface area contributed by atoms with Crippen molar-refractivity contribution in [1.29, 1.82) is 0 Å². The molecule has 0 aromatic carbocycles. The van der Waals surface area contributed by atoms with Gasteiger partial charge in [0.1, 0.15) is 0 Å². The van der Waals surface area contributed by atoms with E-state index in [1.54, 1.807) is 23.7 Å². The van der Waals surface area contributed by atoms with Gasteiger partial charge in [-0.15, -0.1) is 12.4 Å². The fourth-order valence-electron chi connectivity index (χ4n) is 1.10. The van der Waals surface area contributed by atoms with Crippen LogP contribution >= 0.6 is 24.2 Å². The van der Waals surface area contributed by atoms with E-state index in [2.05, 4.69) is 5.32 Å². The first-order valence-corrected chi connectivity index (χ1v) is 6.63. The number of nitrogens with zero attached hydrogens (tertiary/aromatic N) is 1. The van der Waals surface area contributed by atoms with Crippen molar-refractivity contribution in [3.8, 4) is 0 Å². The quantitative estimate of drug-likeness (QED) is 0.694. The first-order chi connectivity index (χ1) is 7.52. The number of carbonyl (C=O) groups excluding carboxylic acids is 2. The molecule has 0 radical (unpaired) electrons. The van der Waals surface area contributed by atoms with Gasteiger partial charge in [0.2, 0.25) is 11.8 Å². The number of nitrogens with two attached hydrogens (primary N) is 1. The van der Waals surface area contributed by atoms with Crippen molar-refractivity contribution in [3.63, 3.8) is 0 Å². The highest BCUT2D eigenvalue weighted by Gasteiger charge is 2.15. The molecular formula is C10H22ClN3O2S. The Kier molecular flexibility index (Phi) is 11.9. The summed E-state index contributed by atoms with van der Waals surface area (Å²) < 4.78 is 0. The second kappa shape index (κ2) is 10.7. The lowest BCUT2D eigenvalue weighted by atomic mass is 10.2. The molecule has 0 aromatic rings. The number of nitrogens with one attached hydrogen (secondary N) is 1. The Bertz CT molecular complexity index is 242. The summed E-state index contributed by atoms with van der Waals surface area (Å²) in [6.07, 6.45) is 2.99. The van der Waals surface area contributed by atoms with Crippen molar-refractivity contribution in [2.75, 3.05) is 32.1 Å². The topological polar surface area (TPSA) is 75.4 Å². The van der Waals surface area contributed by atoms with Gasteiger partial charge in [0.15, 0.2) is 0 Å². The van der Waals surface area contributed by atoms with Gasteiger partial charge in [-0.05, 0) is 25.4 Å². The Morgan fingerprint density at radius 1 is 1.47 bits per heavy atom. The second-order valence-corrected chi connectivity index (χ2v) is 4.60. The van der Waals surface area contributed by atoms with E-state index in [1.807, 2.05) is 13.2 Å². The first-order valence-electron chi connectivity index (χ1n) is 5.24. The Morgan fingerprint density at radius 2 is 2.06 bits per heavy atom. The van der Waals surface area contributed by atoms with E-state index < -0.39 is 0 Å². The third-order valence-corrected chi connectivity index (χ3v) is 3.06. The first kappa shape index (κ1) is 18.9. The molecule has 0 saturated carbocycles. The Balaban J connectivity index is 0. The summed E-state index contributed by atoms with van der Waals surface area (Å²) in [7, 11) is 1.75. The molecule has 102 valence electrons. The third kappa shape index (κ3) is 8.29. The highest BCUT2D eigenvalue weighted by molar-refractivity contribution is 7.98. The number of hydrogen-bond acceptors (Lipinski definition) is 4. The number of thioether (sulfide) groups is 1. The molecule has 2 amide bonds. The molecule has 0 spiro atoms. The number of carbonyl (C=O) groups is 2. The molecule has 17 heavy (non-hydrogen) atoms. The van der Waals surface area contributed by atoms with Gasteiger partial charge in [-0.2, -0.15) is 11.8 Å². The average molecular weight is 284 g/mol. The molecule has 0 aromatic heterocycles. The van der Waals surface area contributed by atoms with Crippen LogP contribution in [0.25, 0.3) is 0 Å². The van der Waals surface area contributed by atoms with Gasteiger partial charge in [0, 0.05) is 13.1 Å². The molecule has 5 nitrogen and oxygen atoms in total. The molecule has 0 aliphatic carbocycles. The van der Waals surface area contributed by atoms with Gasteiger partial charge in [-0.25, -0.2) is 0 Å². The molecule has 1 unspecified atom stereocenters. The average Bonchev–Trinajstić information content (AvgIpc) is 2.31. The second-order valence-electron chi connectivity index (χ2n) is 3.62. The lowest BCUT2D eigenvalue weighted by Crippen LogP contribution is -2.43. The van der Waals surface area contributed by atoms with Crippen LogP contribution < -0.4 is 11.1 Å². The van der Waals surface area contributed by atoms with Gasteiger partial charge in [0.25, 0.3) is 0 Å². The van der Waals surface area contributed by atoms with E-state index in [4.69, 9.17) is 5.73 Å². The SMILES string of the molecule is CSCCC(C)N(C)C(=O)CNC(=O)CN.Cl. The lowest BCUT2D eigenvalue weighted by Gasteiger charge is -2.24. The summed E-state index contributed by atoms with van der Waals surface area (Å²) in [6.45, 7) is 1.94. The molecule has 3 N–H and O–H groups in total. The van der Waals surface area contributed by atoms with Crippen LogP contribution in [0.1, 0.15) is 13.3 Å². The normalized spacial score (nSPS) is 11.3. The van der Waals surface area contributed by atoms with Crippen LogP contribution in [-0.2, 0) is 9.59 Å². The number of halogens is 1. The van der Waals surface area contributed by atoms with Gasteiger partial charge in [-0.1, -0.05) is 0 Å². The number of rotatable bonds is 7. The van der Waals surface area contributed by atoms with Gasteiger partial charge in [0.05, 0.1) is 13.1 Å². The minimum atomic E-state index is -0.307. The predicted octanol–water partition coefficient (Wildman–Crippen LogP) is 0.0831. The summed E-state index contributed by atoms with van der Waals surface area (Å²) in [5.41, 5.74) is 5.12. The van der Waals surface area contributed by atoms with Crippen LogP contribution in [0.15, 0.2) is 0 Å². The van der Waals surface area contributed by atoms with Crippen molar-refractivity contribution < 1.29 is 9.59 Å². The molecule has 0 rings (SSSR count). The monoisotopic (exact) mass is 283 g/mol. The van der Waals surface area contributed by atoms with Crippen LogP contribution in [0, 0.1) is 0 Å².